The van der Waals surface area contributed by atoms with Gasteiger partial charge in [-0.25, -0.2) is 16.8 Å². The zero-order valence-corrected chi connectivity index (χ0v) is 45.1. The molecule has 0 aliphatic carbocycles. The first-order valence-electron chi connectivity index (χ1n) is 23.1. The minimum absolute atomic E-state index is 0.270. The first-order valence-corrected chi connectivity index (χ1v) is 28.5. The van der Waals surface area contributed by atoms with E-state index >= 15 is 0 Å². The predicted molar refractivity (Wildman–Crippen MR) is 277 cm³/mol. The van der Waals surface area contributed by atoms with Crippen LogP contribution in [0.5, 0.6) is 0 Å². The number of sulfone groups is 2. The zero-order chi connectivity index (χ0) is 52.3. The number of hydrogen-bond acceptors (Lipinski definition) is 8. The lowest BCUT2D eigenvalue weighted by Crippen LogP contribution is -2.59. The van der Waals surface area contributed by atoms with Crippen LogP contribution < -0.4 is 0 Å². The van der Waals surface area contributed by atoms with Crippen molar-refractivity contribution >= 4 is 89.8 Å². The van der Waals surface area contributed by atoms with Gasteiger partial charge in [-0.1, -0.05) is 123 Å². The summed E-state index contributed by atoms with van der Waals surface area (Å²) in [5.41, 5.74) is 0.842. The SMILES string of the molecule is CC[C@@H]([C@@H](C)S(C)(=O)=O)N1C(=O)[C@@](C)(CC(=O)O)C[C@H](c2cccc(Cl)c2)[C@H]1c1ccc(Cl)cc1.CC[C@@H]([C@H](C)S(C)(=O)=O)N1C(=O)[C@@](C)(CC(=O)O)C[C@H](c2cccc(Cl)c2)[C@H]1c1ccc(Cl)cc1. The van der Waals surface area contributed by atoms with Crippen molar-refractivity contribution in [3.63, 3.8) is 0 Å². The van der Waals surface area contributed by atoms with Crippen molar-refractivity contribution in [1.82, 2.24) is 9.80 Å². The van der Waals surface area contributed by atoms with Crippen LogP contribution >= 0.6 is 46.4 Å². The third-order valence-corrected chi connectivity index (χ3v) is 18.6. The third kappa shape index (κ3) is 12.9. The maximum absolute atomic E-state index is 14.1. The van der Waals surface area contributed by atoms with E-state index in [0.717, 1.165) is 34.8 Å². The Morgan fingerprint density at radius 3 is 1.14 bits per heavy atom. The van der Waals surface area contributed by atoms with Gasteiger partial charge in [-0.15, -0.1) is 0 Å². The van der Waals surface area contributed by atoms with E-state index in [0.29, 0.717) is 32.9 Å². The maximum Gasteiger partial charge on any atom is 0.304 e. The van der Waals surface area contributed by atoms with E-state index < -0.39 is 77.1 Å². The average Bonchev–Trinajstić information content (AvgIpc) is 3.26. The van der Waals surface area contributed by atoms with E-state index in [1.165, 1.54) is 0 Å². The number of piperidine rings is 2. The van der Waals surface area contributed by atoms with Crippen molar-refractivity contribution in [3.05, 3.63) is 139 Å². The smallest absolute Gasteiger partial charge is 0.304 e. The molecule has 0 unspecified atom stereocenters. The second-order valence-electron chi connectivity index (χ2n) is 19.4. The highest BCUT2D eigenvalue weighted by atomic mass is 35.5. The van der Waals surface area contributed by atoms with E-state index in [2.05, 4.69) is 0 Å². The van der Waals surface area contributed by atoms with Gasteiger partial charge in [0, 0.05) is 56.5 Å². The van der Waals surface area contributed by atoms with E-state index in [9.17, 15) is 46.2 Å². The molecule has 0 aromatic heterocycles. The molecular weight excluding hydrogens is 1020 g/mol. The number of hydrogen-bond donors (Lipinski definition) is 2. The minimum Gasteiger partial charge on any atom is -0.481 e. The number of aliphatic carboxylic acids is 2. The fraction of sp³-hybridized carbons (Fsp3) is 0.462. The molecule has 0 spiro atoms. The molecule has 0 radical (unpaired) electrons. The van der Waals surface area contributed by atoms with Gasteiger partial charge in [0.1, 0.15) is 0 Å². The van der Waals surface area contributed by atoms with Crippen molar-refractivity contribution in [1.29, 1.82) is 0 Å². The van der Waals surface area contributed by atoms with Crippen molar-refractivity contribution < 1.29 is 46.2 Å². The van der Waals surface area contributed by atoms with Crippen LogP contribution in [0, 0.1) is 10.8 Å². The van der Waals surface area contributed by atoms with Crippen LogP contribution in [-0.4, -0.2) is 95.7 Å². The zero-order valence-electron chi connectivity index (χ0n) is 40.5. The molecule has 2 heterocycles. The molecule has 4 aromatic carbocycles. The first-order chi connectivity index (χ1) is 32.6. The highest BCUT2D eigenvalue weighted by Crippen LogP contribution is 2.54. The molecule has 70 heavy (non-hydrogen) atoms. The molecule has 0 bridgehead atoms. The number of likely N-dealkylation sites (tertiary alicyclic amines) is 2. The number of benzene rings is 4. The van der Waals surface area contributed by atoms with Crippen LogP contribution in [0.15, 0.2) is 97.1 Å². The molecule has 2 saturated heterocycles. The predicted octanol–water partition coefficient (Wildman–Crippen LogP) is 11.5. The molecule has 2 amide bonds. The quantitative estimate of drug-likeness (QED) is 0.109. The number of amides is 2. The topological polar surface area (TPSA) is 184 Å². The number of carboxylic acid groups (broad SMARTS) is 2. The summed E-state index contributed by atoms with van der Waals surface area (Å²) in [7, 11) is -7.00. The highest BCUT2D eigenvalue weighted by Gasteiger charge is 2.55. The molecule has 2 N–H and O–H groups in total. The van der Waals surface area contributed by atoms with Crippen LogP contribution in [0.25, 0.3) is 0 Å². The molecule has 10 atom stereocenters. The Morgan fingerprint density at radius 1 is 0.571 bits per heavy atom. The summed E-state index contributed by atoms with van der Waals surface area (Å²) in [6.45, 7) is 10.2. The molecule has 0 saturated carbocycles. The second-order valence-corrected chi connectivity index (χ2v) is 26.0. The van der Waals surface area contributed by atoms with Crippen molar-refractivity contribution in [3.8, 4) is 0 Å². The Morgan fingerprint density at radius 2 is 0.886 bits per heavy atom. The van der Waals surface area contributed by atoms with Gasteiger partial charge in [-0.3, -0.25) is 19.2 Å². The molecule has 18 heteroatoms. The Kier molecular flexibility index (Phi) is 18.4. The second kappa shape index (κ2) is 22.7. The number of halogens is 4. The third-order valence-electron chi connectivity index (χ3n) is 14.2. The van der Waals surface area contributed by atoms with E-state index in [1.54, 1.807) is 73.9 Å². The van der Waals surface area contributed by atoms with Gasteiger partial charge in [0.2, 0.25) is 11.8 Å². The normalized spacial score (nSPS) is 24.7. The van der Waals surface area contributed by atoms with Crippen molar-refractivity contribution in [2.75, 3.05) is 12.5 Å². The number of carbonyl (C=O) groups excluding carboxylic acids is 2. The van der Waals surface area contributed by atoms with Crippen LogP contribution in [0.1, 0.15) is 126 Å². The summed E-state index contributed by atoms with van der Waals surface area (Å²) in [5, 5.41) is 19.8. The van der Waals surface area contributed by atoms with Crippen molar-refractivity contribution in [2.45, 2.75) is 127 Å². The number of rotatable bonds is 16. The average molecular weight is 1080 g/mol. The summed E-state index contributed by atoms with van der Waals surface area (Å²) >= 11 is 25.0. The van der Waals surface area contributed by atoms with E-state index in [1.807, 2.05) is 74.5 Å². The van der Waals surface area contributed by atoms with Crippen LogP contribution in [0.2, 0.25) is 20.1 Å². The molecule has 4 aromatic rings. The lowest BCUT2D eigenvalue weighted by Gasteiger charge is -2.52. The van der Waals surface area contributed by atoms with Crippen molar-refractivity contribution in [2.24, 2.45) is 10.8 Å². The molecule has 380 valence electrons. The fourth-order valence-electron chi connectivity index (χ4n) is 10.6. The van der Waals surface area contributed by atoms with Gasteiger partial charge in [0.25, 0.3) is 0 Å². The summed E-state index contributed by atoms with van der Waals surface area (Å²) in [5.74, 6) is -3.53. The molecular formula is C52H62Cl4N2O10S2. The summed E-state index contributed by atoms with van der Waals surface area (Å²) in [4.78, 5) is 55.2. The molecule has 2 aliphatic heterocycles. The molecule has 2 fully saturated rings. The van der Waals surface area contributed by atoms with Gasteiger partial charge in [0.05, 0.1) is 46.3 Å². The Bertz CT molecular complexity index is 2590. The van der Waals surface area contributed by atoms with Crippen LogP contribution in [0.4, 0.5) is 0 Å². The van der Waals surface area contributed by atoms with Gasteiger partial charge in [0.15, 0.2) is 19.7 Å². The number of nitrogens with zero attached hydrogens (tertiary/aromatic N) is 2. The molecule has 2 aliphatic rings. The lowest BCUT2D eigenvalue weighted by molar-refractivity contribution is -0.160. The molecule has 12 nitrogen and oxygen atoms in total. The summed E-state index contributed by atoms with van der Waals surface area (Å²) in [6, 6.07) is 26.5. The maximum atomic E-state index is 14.1. The summed E-state index contributed by atoms with van der Waals surface area (Å²) in [6.07, 6.45) is 2.91. The molecule has 6 rings (SSSR count). The highest BCUT2D eigenvalue weighted by molar-refractivity contribution is 7.91. The number of carboxylic acids is 2. The number of carbonyl (C=O) groups is 4. The lowest BCUT2D eigenvalue weighted by atomic mass is 9.67. The van der Waals surface area contributed by atoms with E-state index in [-0.39, 0.29) is 49.3 Å². The van der Waals surface area contributed by atoms with Gasteiger partial charge in [-0.05, 0) is 110 Å². The monoisotopic (exact) mass is 1080 g/mol. The van der Waals surface area contributed by atoms with Gasteiger partial charge >= 0.3 is 11.9 Å². The Labute approximate surface area is 432 Å². The van der Waals surface area contributed by atoms with Gasteiger partial charge < -0.3 is 20.0 Å². The van der Waals surface area contributed by atoms with E-state index in [4.69, 9.17) is 46.4 Å². The largest absolute Gasteiger partial charge is 0.481 e. The minimum atomic E-state index is -3.50. The van der Waals surface area contributed by atoms with Gasteiger partial charge in [-0.2, -0.15) is 0 Å². The Balaban J connectivity index is 0.000000261. The fourth-order valence-corrected chi connectivity index (χ4v) is 13.0. The Hall–Kier alpha value is -4.18. The van der Waals surface area contributed by atoms with Crippen LogP contribution in [0.3, 0.4) is 0 Å². The standard InChI is InChI=1S/2C26H31Cl2NO5S/c2*1-5-22(16(2)35(4,33)34)29-24(17-9-11-19(27)12-10-17)21(18-7-6-8-20(28)13-18)14-26(3,25(29)32)15-23(30)31/h2*6-13,16,21-22,24H,5,14-15H2,1-4H3,(H,30,31)/t16-,21+,22-,24+,26+;16-,21-,22+,24-,26-/m01/s1. The van der Waals surface area contributed by atoms with Crippen LogP contribution in [-0.2, 0) is 38.9 Å². The summed E-state index contributed by atoms with van der Waals surface area (Å²) < 4.78 is 50.5. The first kappa shape index (κ1) is 56.7.